The van der Waals surface area contributed by atoms with Crippen LogP contribution < -0.4 is 10.2 Å². The molecule has 4 heteroatoms. The number of nitrogens with zero attached hydrogens (tertiary/aromatic N) is 1. The highest BCUT2D eigenvalue weighted by Crippen LogP contribution is 2.29. The van der Waals surface area contributed by atoms with Crippen molar-refractivity contribution in [1.29, 1.82) is 0 Å². The molecule has 1 unspecified atom stereocenters. The number of nitrogens with one attached hydrogen (secondary N) is 1. The summed E-state index contributed by atoms with van der Waals surface area (Å²) < 4.78 is 1.24. The molecule has 110 valence electrons. The highest BCUT2D eigenvalue weighted by atomic mass is 79.9. The van der Waals surface area contributed by atoms with Gasteiger partial charge in [0.15, 0.2) is 0 Å². The van der Waals surface area contributed by atoms with Gasteiger partial charge in [0.25, 0.3) is 0 Å². The molecule has 2 fully saturated rings. The first-order valence-electron chi connectivity index (χ1n) is 7.64. The van der Waals surface area contributed by atoms with Crippen LogP contribution in [0.25, 0.3) is 0 Å². The number of hydrogen-bond acceptors (Lipinski definition) is 3. The maximum Gasteiger partial charge on any atom is 0.0378 e. The Hall–Kier alpha value is -0.190. The minimum Gasteiger partial charge on any atom is -0.370 e. The van der Waals surface area contributed by atoms with E-state index in [0.29, 0.717) is 0 Å². The molecule has 20 heavy (non-hydrogen) atoms. The Kier molecular flexibility index (Phi) is 4.95. The van der Waals surface area contributed by atoms with Crippen LogP contribution in [-0.2, 0) is 6.54 Å². The fraction of sp³-hybridized carbons (Fsp3) is 0.625. The number of hydrogen-bond donors (Lipinski definition) is 1. The molecule has 1 saturated heterocycles. The number of halogens is 1. The van der Waals surface area contributed by atoms with Crippen molar-refractivity contribution >= 4 is 33.4 Å². The molecule has 2 nitrogen and oxygen atoms in total. The molecule has 1 aromatic rings. The first-order valence-corrected chi connectivity index (χ1v) is 9.49. The van der Waals surface area contributed by atoms with Gasteiger partial charge in [-0.3, -0.25) is 0 Å². The summed E-state index contributed by atoms with van der Waals surface area (Å²) in [7, 11) is 0. The highest BCUT2D eigenvalue weighted by molar-refractivity contribution is 9.10. The molecule has 0 aromatic heterocycles. The van der Waals surface area contributed by atoms with Crippen molar-refractivity contribution in [2.24, 2.45) is 0 Å². The maximum absolute atomic E-state index is 3.74. The van der Waals surface area contributed by atoms with Gasteiger partial charge >= 0.3 is 0 Å². The van der Waals surface area contributed by atoms with Gasteiger partial charge in [0.2, 0.25) is 0 Å². The molecule has 1 saturated carbocycles. The van der Waals surface area contributed by atoms with E-state index in [4.69, 9.17) is 0 Å². The summed E-state index contributed by atoms with van der Waals surface area (Å²) in [5.41, 5.74) is 2.74. The third-order valence-corrected chi connectivity index (χ3v) is 6.26. The van der Waals surface area contributed by atoms with E-state index in [-0.39, 0.29) is 0 Å². The molecule has 0 amide bonds. The molecule has 3 rings (SSSR count). The van der Waals surface area contributed by atoms with E-state index in [1.54, 1.807) is 0 Å². The Morgan fingerprint density at radius 3 is 2.95 bits per heavy atom. The van der Waals surface area contributed by atoms with Crippen molar-refractivity contribution in [3.8, 4) is 0 Å². The van der Waals surface area contributed by atoms with E-state index < -0.39 is 0 Å². The lowest BCUT2D eigenvalue weighted by molar-refractivity contribution is 0.685. The lowest BCUT2D eigenvalue weighted by Gasteiger charge is -2.34. The summed E-state index contributed by atoms with van der Waals surface area (Å²) in [4.78, 5) is 2.54. The van der Waals surface area contributed by atoms with Crippen LogP contribution in [0.15, 0.2) is 22.7 Å². The van der Waals surface area contributed by atoms with E-state index in [0.717, 1.165) is 17.8 Å². The van der Waals surface area contributed by atoms with Crippen molar-refractivity contribution < 1.29 is 0 Å². The molecular formula is C16H23BrN2S. The highest BCUT2D eigenvalue weighted by Gasteiger charge is 2.21. The van der Waals surface area contributed by atoms with Crippen molar-refractivity contribution in [2.45, 2.75) is 44.0 Å². The summed E-state index contributed by atoms with van der Waals surface area (Å²) >= 11 is 5.87. The number of rotatable bonds is 5. The second-order valence-electron chi connectivity index (χ2n) is 5.78. The van der Waals surface area contributed by atoms with E-state index in [9.17, 15) is 0 Å². The molecule has 0 bridgehead atoms. The van der Waals surface area contributed by atoms with Crippen LogP contribution in [0.1, 0.15) is 31.7 Å². The van der Waals surface area contributed by atoms with E-state index in [2.05, 4.69) is 63.0 Å². The maximum atomic E-state index is 3.74. The van der Waals surface area contributed by atoms with E-state index >= 15 is 0 Å². The topological polar surface area (TPSA) is 15.3 Å². The third kappa shape index (κ3) is 3.71. The van der Waals surface area contributed by atoms with Crippen LogP contribution in [0.3, 0.4) is 0 Å². The summed E-state index contributed by atoms with van der Waals surface area (Å²) in [5, 5.41) is 4.37. The van der Waals surface area contributed by atoms with Crippen molar-refractivity contribution in [3.63, 3.8) is 0 Å². The second kappa shape index (κ2) is 6.71. The van der Waals surface area contributed by atoms with Crippen molar-refractivity contribution in [2.75, 3.05) is 23.7 Å². The molecule has 1 N–H and O–H groups in total. The standard InChI is InChI=1S/C16H23BrN2S/c1-2-15-11-19(7-8-20-15)14-6-3-12(16(17)9-14)10-18-13-4-5-13/h3,6,9,13,15,18H,2,4-5,7-8,10-11H2,1H3. The summed E-state index contributed by atoms with van der Waals surface area (Å²) in [5.74, 6) is 1.25. The first-order chi connectivity index (χ1) is 9.76. The lowest BCUT2D eigenvalue weighted by Crippen LogP contribution is -2.37. The first kappa shape index (κ1) is 14.7. The Morgan fingerprint density at radius 2 is 2.25 bits per heavy atom. The van der Waals surface area contributed by atoms with Gasteiger partial charge in [0, 0.05) is 46.8 Å². The quantitative estimate of drug-likeness (QED) is 0.858. The average molecular weight is 355 g/mol. The molecule has 1 heterocycles. The predicted molar refractivity (Wildman–Crippen MR) is 92.8 cm³/mol. The monoisotopic (exact) mass is 354 g/mol. The fourth-order valence-electron chi connectivity index (χ4n) is 2.62. The molecule has 1 aliphatic carbocycles. The average Bonchev–Trinajstić information content (AvgIpc) is 3.30. The van der Waals surface area contributed by atoms with Gasteiger partial charge < -0.3 is 10.2 Å². The van der Waals surface area contributed by atoms with Crippen molar-refractivity contribution in [3.05, 3.63) is 28.2 Å². The molecule has 1 aromatic carbocycles. The molecule has 0 radical (unpaired) electrons. The van der Waals surface area contributed by atoms with Crippen molar-refractivity contribution in [1.82, 2.24) is 5.32 Å². The zero-order valence-electron chi connectivity index (χ0n) is 12.1. The molecule has 0 spiro atoms. The normalized spacial score (nSPS) is 23.1. The van der Waals surface area contributed by atoms with Gasteiger partial charge in [-0.2, -0.15) is 11.8 Å². The summed E-state index contributed by atoms with van der Waals surface area (Å²) in [6.07, 6.45) is 3.96. The van der Waals surface area contributed by atoms with Gasteiger partial charge in [-0.05, 0) is 37.0 Å². The van der Waals surface area contributed by atoms with Gasteiger partial charge in [0.1, 0.15) is 0 Å². The van der Waals surface area contributed by atoms with E-state index in [1.807, 2.05) is 0 Å². The van der Waals surface area contributed by atoms with Crippen LogP contribution >= 0.6 is 27.7 Å². The summed E-state index contributed by atoms with van der Waals surface area (Å²) in [6.45, 7) is 5.64. The molecule has 1 aliphatic heterocycles. The Bertz CT molecular complexity index is 462. The van der Waals surface area contributed by atoms with Crippen LogP contribution in [0.5, 0.6) is 0 Å². The van der Waals surface area contributed by atoms with Crippen LogP contribution in [-0.4, -0.2) is 30.1 Å². The van der Waals surface area contributed by atoms with Gasteiger partial charge in [-0.1, -0.05) is 28.9 Å². The lowest BCUT2D eigenvalue weighted by atomic mass is 10.1. The zero-order chi connectivity index (χ0) is 13.9. The number of benzene rings is 1. The Morgan fingerprint density at radius 1 is 1.40 bits per heavy atom. The zero-order valence-corrected chi connectivity index (χ0v) is 14.5. The number of anilines is 1. The fourth-order valence-corrected chi connectivity index (χ4v) is 4.31. The molecule has 2 aliphatic rings. The Balaban J connectivity index is 1.65. The molecule has 1 atom stereocenters. The minimum absolute atomic E-state index is 0.769. The minimum atomic E-state index is 0.769. The number of thioether (sulfide) groups is 1. The Labute approximate surface area is 134 Å². The second-order valence-corrected chi connectivity index (χ2v) is 8.04. The van der Waals surface area contributed by atoms with Gasteiger partial charge in [0.05, 0.1) is 0 Å². The predicted octanol–water partition coefficient (Wildman–Crippen LogP) is 4.03. The van der Waals surface area contributed by atoms with Gasteiger partial charge in [-0.25, -0.2) is 0 Å². The van der Waals surface area contributed by atoms with Crippen LogP contribution in [0.4, 0.5) is 5.69 Å². The SMILES string of the molecule is CCC1CN(c2ccc(CNC3CC3)c(Br)c2)CCS1. The molecular weight excluding hydrogens is 332 g/mol. The van der Waals surface area contributed by atoms with E-state index in [1.165, 1.54) is 53.8 Å². The largest absolute Gasteiger partial charge is 0.370 e. The smallest absolute Gasteiger partial charge is 0.0378 e. The summed E-state index contributed by atoms with van der Waals surface area (Å²) in [6, 6.07) is 7.63. The van der Waals surface area contributed by atoms with Gasteiger partial charge in [-0.15, -0.1) is 0 Å². The third-order valence-electron chi connectivity index (χ3n) is 4.15. The van der Waals surface area contributed by atoms with Crippen LogP contribution in [0, 0.1) is 0 Å². The van der Waals surface area contributed by atoms with Crippen LogP contribution in [0.2, 0.25) is 0 Å².